The van der Waals surface area contributed by atoms with Crippen LogP contribution in [-0.4, -0.2) is 18.0 Å². The van der Waals surface area contributed by atoms with Gasteiger partial charge in [0.05, 0.1) is 0 Å². The molecular weight excluding hydrogens is 208 g/mol. The molecule has 0 saturated carbocycles. The van der Waals surface area contributed by atoms with E-state index in [9.17, 15) is 0 Å². The van der Waals surface area contributed by atoms with E-state index in [-0.39, 0.29) is 0 Å². The first-order valence-electron chi connectivity index (χ1n) is 6.90. The molecule has 0 spiro atoms. The fourth-order valence-corrected chi connectivity index (χ4v) is 2.88. The maximum atomic E-state index is 5.89. The van der Waals surface area contributed by atoms with Crippen LogP contribution in [-0.2, 0) is 0 Å². The Kier molecular flexibility index (Phi) is 4.43. The Bertz CT molecular complexity index is 341. The van der Waals surface area contributed by atoms with Crippen LogP contribution in [0.25, 0.3) is 0 Å². The molecule has 1 saturated heterocycles. The molecule has 17 heavy (non-hydrogen) atoms. The second-order valence-corrected chi connectivity index (χ2v) is 5.04. The zero-order valence-electron chi connectivity index (χ0n) is 10.9. The molecule has 0 bridgehead atoms. The molecule has 1 aromatic carbocycles. The fourth-order valence-electron chi connectivity index (χ4n) is 2.88. The summed E-state index contributed by atoms with van der Waals surface area (Å²) in [6, 6.07) is 8.95. The molecule has 0 radical (unpaired) electrons. The Balaban J connectivity index is 2.14. The topological polar surface area (TPSA) is 29.3 Å². The Labute approximate surface area is 105 Å². The number of rotatable bonds is 3. The molecule has 2 nitrogen and oxygen atoms in total. The molecule has 1 aliphatic heterocycles. The Morgan fingerprint density at radius 1 is 1.18 bits per heavy atom. The summed E-state index contributed by atoms with van der Waals surface area (Å²) in [6.07, 6.45) is 6.65. The monoisotopic (exact) mass is 232 g/mol. The minimum atomic E-state index is 0.552. The van der Waals surface area contributed by atoms with E-state index >= 15 is 0 Å². The van der Waals surface area contributed by atoms with Crippen molar-refractivity contribution >= 4 is 5.69 Å². The predicted octanol–water partition coefficient (Wildman–Crippen LogP) is 3.60. The van der Waals surface area contributed by atoms with Gasteiger partial charge in [-0.25, -0.2) is 0 Å². The number of hydrogen-bond acceptors (Lipinski definition) is 2. The van der Waals surface area contributed by atoms with Crippen molar-refractivity contribution < 1.29 is 0 Å². The van der Waals surface area contributed by atoms with Crippen molar-refractivity contribution in [3.05, 3.63) is 29.8 Å². The van der Waals surface area contributed by atoms with E-state index in [0.717, 1.165) is 5.69 Å². The molecule has 2 rings (SSSR count). The standard InChI is InChI=1S/C15H24N2/c1-2-15(13-8-7-9-14(16)12-13)17-10-5-3-4-6-11-17/h7-9,12,15H,2-6,10-11,16H2,1H3. The lowest BCUT2D eigenvalue weighted by Crippen LogP contribution is -2.29. The summed E-state index contributed by atoms with van der Waals surface area (Å²) in [7, 11) is 0. The van der Waals surface area contributed by atoms with Gasteiger partial charge in [0, 0.05) is 11.7 Å². The first kappa shape index (κ1) is 12.4. The third-order valence-electron chi connectivity index (χ3n) is 3.76. The van der Waals surface area contributed by atoms with Crippen LogP contribution in [0.4, 0.5) is 5.69 Å². The molecule has 94 valence electrons. The molecule has 1 heterocycles. The predicted molar refractivity (Wildman–Crippen MR) is 73.9 cm³/mol. The van der Waals surface area contributed by atoms with Gasteiger partial charge in [0.1, 0.15) is 0 Å². The molecule has 2 N–H and O–H groups in total. The highest BCUT2D eigenvalue weighted by Gasteiger charge is 2.19. The maximum Gasteiger partial charge on any atom is 0.0346 e. The van der Waals surface area contributed by atoms with Crippen LogP contribution in [0.2, 0.25) is 0 Å². The third kappa shape index (κ3) is 3.22. The maximum absolute atomic E-state index is 5.89. The lowest BCUT2D eigenvalue weighted by Gasteiger charge is -2.30. The number of nitrogens with zero attached hydrogens (tertiary/aromatic N) is 1. The molecule has 2 heteroatoms. The number of anilines is 1. The number of nitrogen functional groups attached to an aromatic ring is 1. The van der Waals surface area contributed by atoms with Crippen LogP contribution >= 0.6 is 0 Å². The molecule has 1 aromatic rings. The zero-order valence-corrected chi connectivity index (χ0v) is 10.9. The molecule has 1 aliphatic rings. The van der Waals surface area contributed by atoms with Gasteiger partial charge in [-0.3, -0.25) is 4.90 Å². The number of benzene rings is 1. The van der Waals surface area contributed by atoms with Gasteiger partial charge in [0.15, 0.2) is 0 Å². The Morgan fingerprint density at radius 3 is 2.47 bits per heavy atom. The van der Waals surface area contributed by atoms with Gasteiger partial charge in [-0.1, -0.05) is 31.9 Å². The van der Waals surface area contributed by atoms with Crippen molar-refractivity contribution in [2.75, 3.05) is 18.8 Å². The minimum Gasteiger partial charge on any atom is -0.399 e. The van der Waals surface area contributed by atoms with E-state index in [1.54, 1.807) is 0 Å². The number of likely N-dealkylation sites (tertiary alicyclic amines) is 1. The first-order valence-corrected chi connectivity index (χ1v) is 6.90. The van der Waals surface area contributed by atoms with Crippen molar-refractivity contribution in [1.29, 1.82) is 0 Å². The van der Waals surface area contributed by atoms with Gasteiger partial charge in [0.25, 0.3) is 0 Å². The zero-order chi connectivity index (χ0) is 12.1. The van der Waals surface area contributed by atoms with Crippen LogP contribution in [0.1, 0.15) is 50.6 Å². The number of hydrogen-bond donors (Lipinski definition) is 1. The summed E-state index contributed by atoms with van der Waals surface area (Å²) in [5.74, 6) is 0. The normalized spacial score (nSPS) is 19.8. The second-order valence-electron chi connectivity index (χ2n) is 5.04. The number of nitrogens with two attached hydrogens (primary N) is 1. The van der Waals surface area contributed by atoms with E-state index in [2.05, 4.69) is 30.0 Å². The van der Waals surface area contributed by atoms with E-state index in [1.165, 1.54) is 50.8 Å². The summed E-state index contributed by atoms with van der Waals surface area (Å²) >= 11 is 0. The summed E-state index contributed by atoms with van der Waals surface area (Å²) in [4.78, 5) is 2.64. The smallest absolute Gasteiger partial charge is 0.0346 e. The molecule has 0 aromatic heterocycles. The first-order chi connectivity index (χ1) is 8.31. The Morgan fingerprint density at radius 2 is 1.88 bits per heavy atom. The molecule has 1 atom stereocenters. The fraction of sp³-hybridized carbons (Fsp3) is 0.600. The highest BCUT2D eigenvalue weighted by molar-refractivity contribution is 5.41. The van der Waals surface area contributed by atoms with Crippen molar-refractivity contribution in [3.63, 3.8) is 0 Å². The summed E-state index contributed by atoms with van der Waals surface area (Å²) < 4.78 is 0. The van der Waals surface area contributed by atoms with Gasteiger partial charge in [-0.05, 0) is 50.0 Å². The van der Waals surface area contributed by atoms with E-state index in [1.807, 2.05) is 6.07 Å². The minimum absolute atomic E-state index is 0.552. The van der Waals surface area contributed by atoms with Crippen LogP contribution in [0.5, 0.6) is 0 Å². The van der Waals surface area contributed by atoms with Crippen molar-refractivity contribution in [2.24, 2.45) is 0 Å². The van der Waals surface area contributed by atoms with Crippen molar-refractivity contribution in [3.8, 4) is 0 Å². The van der Waals surface area contributed by atoms with Crippen LogP contribution in [0.3, 0.4) is 0 Å². The van der Waals surface area contributed by atoms with Gasteiger partial charge >= 0.3 is 0 Å². The molecule has 1 fully saturated rings. The molecular formula is C15H24N2. The third-order valence-corrected chi connectivity index (χ3v) is 3.76. The molecule has 1 unspecified atom stereocenters. The lowest BCUT2D eigenvalue weighted by molar-refractivity contribution is 0.200. The average molecular weight is 232 g/mol. The molecule has 0 aliphatic carbocycles. The van der Waals surface area contributed by atoms with E-state index in [0.29, 0.717) is 6.04 Å². The van der Waals surface area contributed by atoms with Crippen LogP contribution in [0, 0.1) is 0 Å². The second kappa shape index (κ2) is 6.06. The lowest BCUT2D eigenvalue weighted by atomic mass is 10.0. The summed E-state index contributed by atoms with van der Waals surface area (Å²) in [5, 5.41) is 0. The van der Waals surface area contributed by atoms with Gasteiger partial charge in [-0.2, -0.15) is 0 Å². The largest absolute Gasteiger partial charge is 0.399 e. The van der Waals surface area contributed by atoms with Crippen LogP contribution < -0.4 is 5.73 Å². The van der Waals surface area contributed by atoms with Crippen LogP contribution in [0.15, 0.2) is 24.3 Å². The van der Waals surface area contributed by atoms with Gasteiger partial charge in [-0.15, -0.1) is 0 Å². The van der Waals surface area contributed by atoms with Gasteiger partial charge < -0.3 is 5.73 Å². The van der Waals surface area contributed by atoms with Crippen molar-refractivity contribution in [1.82, 2.24) is 4.90 Å². The van der Waals surface area contributed by atoms with Gasteiger partial charge in [0.2, 0.25) is 0 Å². The quantitative estimate of drug-likeness (QED) is 0.807. The summed E-state index contributed by atoms with van der Waals surface area (Å²) in [5.41, 5.74) is 8.16. The highest BCUT2D eigenvalue weighted by Crippen LogP contribution is 2.27. The average Bonchev–Trinajstić information content (AvgIpc) is 2.59. The summed E-state index contributed by atoms with van der Waals surface area (Å²) in [6.45, 7) is 4.76. The highest BCUT2D eigenvalue weighted by atomic mass is 15.2. The SMILES string of the molecule is CCC(c1cccc(N)c1)N1CCCCCC1. The van der Waals surface area contributed by atoms with E-state index in [4.69, 9.17) is 5.73 Å². The van der Waals surface area contributed by atoms with Crippen molar-refractivity contribution in [2.45, 2.75) is 45.1 Å². The molecule has 0 amide bonds. The van der Waals surface area contributed by atoms with E-state index < -0.39 is 0 Å². The Hall–Kier alpha value is -1.02.